The Balaban J connectivity index is 1.50. The Hall–Kier alpha value is -3.31. The van der Waals surface area contributed by atoms with Crippen LogP contribution in [0.25, 0.3) is 0 Å². The highest BCUT2D eigenvalue weighted by Crippen LogP contribution is 2.35. The van der Waals surface area contributed by atoms with Gasteiger partial charge in [-0.1, -0.05) is 43.5 Å². The maximum atomic E-state index is 14.5. The first-order valence-corrected chi connectivity index (χ1v) is 14.5. The summed E-state index contributed by atoms with van der Waals surface area (Å²) in [7, 11) is -4.52. The van der Waals surface area contributed by atoms with Crippen LogP contribution >= 0.6 is 0 Å². The highest BCUT2D eigenvalue weighted by molar-refractivity contribution is 7.89. The second-order valence-electron chi connectivity index (χ2n) is 10.0. The van der Waals surface area contributed by atoms with E-state index in [0.29, 0.717) is 41.4 Å². The van der Waals surface area contributed by atoms with E-state index >= 15 is 0 Å². The van der Waals surface area contributed by atoms with E-state index in [4.69, 9.17) is 6.11 Å². The van der Waals surface area contributed by atoms with Crippen LogP contribution in [0.5, 0.6) is 5.75 Å². The molecule has 2 atom stereocenters. The number of amides is 2. The van der Waals surface area contributed by atoms with E-state index in [1.807, 2.05) is 0 Å². The molecule has 1 saturated carbocycles. The molecule has 3 aliphatic rings. The number of ether oxygens (including phenoxy) is 1. The van der Waals surface area contributed by atoms with Crippen molar-refractivity contribution in [3.05, 3.63) is 54.2 Å². The van der Waals surface area contributed by atoms with Crippen molar-refractivity contribution in [3.63, 3.8) is 0 Å². The number of para-hydroxylation sites is 1. The summed E-state index contributed by atoms with van der Waals surface area (Å²) in [5.74, 6) is -1.33. The number of Topliss-reactive ketones (excluding diaryl/α,β-unsaturated/α-hetero) is 1. The number of aromatic nitrogens is 1. The first-order valence-electron chi connectivity index (χ1n) is 13.5. The van der Waals surface area contributed by atoms with Gasteiger partial charge in [-0.3, -0.25) is 14.4 Å². The molecule has 10 nitrogen and oxygen atoms in total. The molecule has 1 aromatic carbocycles. The molecule has 38 heavy (non-hydrogen) atoms. The summed E-state index contributed by atoms with van der Waals surface area (Å²) in [5, 5.41) is 5.52. The molecule has 0 spiro atoms. The highest BCUT2D eigenvalue weighted by atomic mass is 32.2. The van der Waals surface area contributed by atoms with Gasteiger partial charge in [0.1, 0.15) is 17.3 Å². The minimum absolute atomic E-state index is 0.0603. The van der Waals surface area contributed by atoms with Gasteiger partial charge in [-0.15, -0.1) is 0 Å². The van der Waals surface area contributed by atoms with E-state index in [-0.39, 0.29) is 43.3 Å². The topological polar surface area (TPSA) is 135 Å². The molecule has 0 radical (unpaired) electrons. The molecule has 1 aliphatic carbocycles. The molecule has 2 fully saturated rings. The summed E-state index contributed by atoms with van der Waals surface area (Å²) in [4.78, 5) is 45.1. The number of carbonyl (C=O) groups excluding carboxylic acids is 3. The average molecular weight is 542 g/mol. The number of sulfonamides is 1. The zero-order valence-electron chi connectivity index (χ0n) is 22.0. The van der Waals surface area contributed by atoms with Crippen molar-refractivity contribution in [1.29, 1.82) is 0 Å². The number of benzene rings is 1. The number of fused-ring (bicyclic) bond motifs is 1. The molecule has 2 aliphatic heterocycles. The Labute approximate surface area is 223 Å². The lowest BCUT2D eigenvalue weighted by Crippen LogP contribution is -2.65. The van der Waals surface area contributed by atoms with Crippen molar-refractivity contribution in [2.75, 3.05) is 13.1 Å². The van der Waals surface area contributed by atoms with Crippen LogP contribution in [0, 0.1) is 0 Å². The van der Waals surface area contributed by atoms with Gasteiger partial charge in [0.2, 0.25) is 0 Å². The number of pyridine rings is 1. The summed E-state index contributed by atoms with van der Waals surface area (Å²) in [6.45, 7) is 0.461. The van der Waals surface area contributed by atoms with Crippen LogP contribution in [0.2, 0.25) is 0 Å². The summed E-state index contributed by atoms with van der Waals surface area (Å²) in [6.07, 6.45) is 3.71. The molecule has 3 heterocycles. The monoisotopic (exact) mass is 541 g/mol. The number of hydrogen-bond donors (Lipinski definition) is 2. The van der Waals surface area contributed by atoms with Gasteiger partial charge in [0.15, 0.2) is 16.9 Å². The Kier molecular flexibility index (Phi) is 7.12. The van der Waals surface area contributed by atoms with Gasteiger partial charge in [-0.05, 0) is 56.0 Å². The van der Waals surface area contributed by atoms with Crippen molar-refractivity contribution in [2.24, 2.45) is 0 Å². The molecule has 0 bridgehead atoms. The SMILES string of the molecule is [2H]c1cccc2c1CC(C(=O)NC1(C(=O)N([C@H]3CCCNCC3=O)S(=O)(=O)c3ccccn3)CCCCC1)O2. The zero-order valence-corrected chi connectivity index (χ0v) is 21.8. The van der Waals surface area contributed by atoms with Crippen molar-refractivity contribution in [2.45, 2.75) is 74.1 Å². The van der Waals surface area contributed by atoms with E-state index in [2.05, 4.69) is 15.6 Å². The van der Waals surface area contributed by atoms with Crippen LogP contribution in [-0.4, -0.2) is 66.1 Å². The Morgan fingerprint density at radius 3 is 2.66 bits per heavy atom. The predicted molar refractivity (Wildman–Crippen MR) is 138 cm³/mol. The van der Waals surface area contributed by atoms with Gasteiger partial charge in [0.05, 0.1) is 7.92 Å². The molecule has 1 unspecified atom stereocenters. The minimum atomic E-state index is -4.52. The predicted octanol–water partition coefficient (Wildman–Crippen LogP) is 1.74. The molecule has 2 aromatic rings. The smallest absolute Gasteiger partial charge is 0.284 e. The number of ketones is 1. The van der Waals surface area contributed by atoms with Crippen LogP contribution in [0.15, 0.2) is 53.7 Å². The number of hydrogen-bond acceptors (Lipinski definition) is 8. The summed E-state index contributed by atoms with van der Waals surface area (Å²) in [6, 6.07) is 8.40. The van der Waals surface area contributed by atoms with Crippen LogP contribution in [0.4, 0.5) is 0 Å². The van der Waals surface area contributed by atoms with Crippen LogP contribution in [0.3, 0.4) is 0 Å². The molecule has 11 heteroatoms. The highest BCUT2D eigenvalue weighted by Gasteiger charge is 2.51. The van der Waals surface area contributed by atoms with E-state index in [1.165, 1.54) is 18.3 Å². The summed E-state index contributed by atoms with van der Waals surface area (Å²) < 4.78 is 42.5. The number of rotatable bonds is 6. The van der Waals surface area contributed by atoms with Crippen LogP contribution in [-0.2, 0) is 30.8 Å². The Morgan fingerprint density at radius 1 is 1.13 bits per heavy atom. The third-order valence-corrected chi connectivity index (χ3v) is 9.18. The molecule has 1 saturated heterocycles. The van der Waals surface area contributed by atoms with Crippen molar-refractivity contribution in [3.8, 4) is 5.75 Å². The first-order chi connectivity index (χ1) is 18.7. The lowest BCUT2D eigenvalue weighted by molar-refractivity contribution is -0.144. The maximum Gasteiger partial charge on any atom is 0.284 e. The van der Waals surface area contributed by atoms with Crippen LogP contribution < -0.4 is 15.4 Å². The molecular weight excluding hydrogens is 508 g/mol. The molecule has 1 aromatic heterocycles. The lowest BCUT2D eigenvalue weighted by Gasteiger charge is -2.42. The Morgan fingerprint density at radius 2 is 1.92 bits per heavy atom. The normalized spacial score (nSPS) is 23.4. The second kappa shape index (κ2) is 10.8. The van der Waals surface area contributed by atoms with E-state index in [0.717, 1.165) is 6.42 Å². The molecule has 2 amide bonds. The van der Waals surface area contributed by atoms with Gasteiger partial charge >= 0.3 is 0 Å². The van der Waals surface area contributed by atoms with Crippen molar-refractivity contribution < 1.29 is 28.9 Å². The van der Waals surface area contributed by atoms with E-state index in [9.17, 15) is 22.8 Å². The zero-order chi connectivity index (χ0) is 27.6. The number of nitrogens with zero attached hydrogens (tertiary/aromatic N) is 2. The number of nitrogens with one attached hydrogen (secondary N) is 2. The third-order valence-electron chi connectivity index (χ3n) is 7.48. The summed E-state index contributed by atoms with van der Waals surface area (Å²) in [5.41, 5.74) is -0.920. The largest absolute Gasteiger partial charge is 0.480 e. The quantitative estimate of drug-likeness (QED) is 0.565. The lowest BCUT2D eigenvalue weighted by atomic mass is 9.80. The molecule has 202 valence electrons. The van der Waals surface area contributed by atoms with Gasteiger partial charge < -0.3 is 15.4 Å². The fourth-order valence-electron chi connectivity index (χ4n) is 5.50. The fraction of sp³-hybridized carbons (Fsp3) is 0.481. The molecular formula is C27H32N4O6S. The number of carbonyl (C=O) groups is 3. The fourth-order valence-corrected chi connectivity index (χ4v) is 7.10. The second-order valence-corrected chi connectivity index (χ2v) is 11.8. The Bertz CT molecular complexity index is 1360. The standard InChI is InChI=1S/C27H32N4O6S/c32-21-18-28-15-8-10-20(21)31(38(35,36)24-12-4-7-16-29-24)26(34)27(13-5-1-6-14-27)30-25(33)23-17-19-9-2-3-11-22(19)37-23/h2-4,7,9,11-12,16,20,23,28H,1,5-6,8,10,13-15,17-18H2,(H,30,33)/t20-,23?/m0/s1/i9D. The van der Waals surface area contributed by atoms with E-state index < -0.39 is 45.3 Å². The van der Waals surface area contributed by atoms with Gasteiger partial charge in [0, 0.05) is 12.6 Å². The van der Waals surface area contributed by atoms with E-state index in [1.54, 1.807) is 24.3 Å². The summed E-state index contributed by atoms with van der Waals surface area (Å²) >= 11 is 0. The van der Waals surface area contributed by atoms with Crippen molar-refractivity contribution in [1.82, 2.24) is 19.9 Å². The van der Waals surface area contributed by atoms with Gasteiger partial charge in [-0.2, -0.15) is 8.42 Å². The minimum Gasteiger partial charge on any atom is -0.480 e. The average Bonchev–Trinajstić information content (AvgIpc) is 3.28. The molecule has 5 rings (SSSR count). The maximum absolute atomic E-state index is 14.5. The molecule has 2 N–H and O–H groups in total. The van der Waals surface area contributed by atoms with Crippen LogP contribution in [0.1, 0.15) is 51.9 Å². The first kappa shape index (κ1) is 25.0. The van der Waals surface area contributed by atoms with Gasteiger partial charge in [0.25, 0.3) is 21.8 Å². The van der Waals surface area contributed by atoms with Gasteiger partial charge in [-0.25, -0.2) is 9.29 Å². The van der Waals surface area contributed by atoms with Crippen molar-refractivity contribution >= 4 is 27.6 Å². The third kappa shape index (κ3) is 5.04.